The fourth-order valence-electron chi connectivity index (χ4n) is 1.64. The number of rotatable bonds is 3. The van der Waals surface area contributed by atoms with E-state index in [9.17, 15) is 9.18 Å². The standard InChI is InChI=1S/C14H8Br2FIO/c15-9-2-4-13(18)10(7-9)14(19)6-8-1-3-12(17)11(16)5-8/h1-5,7H,6H2. The molecule has 1 nitrogen and oxygen atoms in total. The molecule has 0 aliphatic carbocycles. The lowest BCUT2D eigenvalue weighted by Gasteiger charge is -2.06. The van der Waals surface area contributed by atoms with Crippen LogP contribution in [0.5, 0.6) is 0 Å². The van der Waals surface area contributed by atoms with Crippen molar-refractivity contribution in [2.75, 3.05) is 0 Å². The summed E-state index contributed by atoms with van der Waals surface area (Å²) in [6.45, 7) is 0. The molecule has 5 heteroatoms. The van der Waals surface area contributed by atoms with Crippen molar-refractivity contribution in [1.82, 2.24) is 0 Å². The Balaban J connectivity index is 2.25. The van der Waals surface area contributed by atoms with Crippen LogP contribution in [0.1, 0.15) is 15.9 Å². The van der Waals surface area contributed by atoms with Gasteiger partial charge in [-0.15, -0.1) is 0 Å². The topological polar surface area (TPSA) is 17.1 Å². The van der Waals surface area contributed by atoms with E-state index in [1.165, 1.54) is 6.07 Å². The van der Waals surface area contributed by atoms with Gasteiger partial charge < -0.3 is 0 Å². The van der Waals surface area contributed by atoms with Gasteiger partial charge in [0.05, 0.1) is 4.47 Å². The van der Waals surface area contributed by atoms with E-state index < -0.39 is 0 Å². The molecule has 0 saturated carbocycles. The Bertz CT molecular complexity index is 643. The van der Waals surface area contributed by atoms with E-state index in [0.717, 1.165) is 13.6 Å². The molecule has 0 unspecified atom stereocenters. The Morgan fingerprint density at radius 3 is 2.58 bits per heavy atom. The molecule has 0 atom stereocenters. The van der Waals surface area contributed by atoms with E-state index >= 15 is 0 Å². The summed E-state index contributed by atoms with van der Waals surface area (Å²) < 4.78 is 15.3. The van der Waals surface area contributed by atoms with E-state index in [0.29, 0.717) is 10.0 Å². The van der Waals surface area contributed by atoms with Gasteiger partial charge in [-0.25, -0.2) is 4.39 Å². The minimum Gasteiger partial charge on any atom is -0.294 e. The third kappa shape index (κ3) is 3.86. The zero-order valence-electron chi connectivity index (χ0n) is 9.59. The van der Waals surface area contributed by atoms with Crippen molar-refractivity contribution >= 4 is 60.2 Å². The second-order valence-electron chi connectivity index (χ2n) is 3.97. The number of carbonyl (C=O) groups excluding carboxylic acids is 1. The predicted octanol–water partition coefficient (Wildman–Crippen LogP) is 5.38. The van der Waals surface area contributed by atoms with Gasteiger partial charge in [0.25, 0.3) is 0 Å². The zero-order chi connectivity index (χ0) is 14.0. The Hall–Kier alpha value is -0.270. The predicted molar refractivity (Wildman–Crippen MR) is 89.0 cm³/mol. The number of halogens is 4. The molecule has 98 valence electrons. The molecule has 0 aliphatic heterocycles. The largest absolute Gasteiger partial charge is 0.294 e. The average Bonchev–Trinajstić information content (AvgIpc) is 2.36. The van der Waals surface area contributed by atoms with Crippen molar-refractivity contribution in [2.24, 2.45) is 0 Å². The first kappa shape index (κ1) is 15.1. The first-order valence-electron chi connectivity index (χ1n) is 5.39. The molecule has 0 bridgehead atoms. The smallest absolute Gasteiger partial charge is 0.168 e. The quantitative estimate of drug-likeness (QED) is 0.411. The Morgan fingerprint density at radius 1 is 1.16 bits per heavy atom. The third-order valence-electron chi connectivity index (χ3n) is 2.58. The van der Waals surface area contributed by atoms with E-state index in [1.807, 2.05) is 18.2 Å². The Morgan fingerprint density at radius 2 is 1.89 bits per heavy atom. The van der Waals surface area contributed by atoms with E-state index in [4.69, 9.17) is 0 Å². The molecule has 0 fully saturated rings. The number of hydrogen-bond donors (Lipinski definition) is 0. The highest BCUT2D eigenvalue weighted by Gasteiger charge is 2.12. The molecule has 0 amide bonds. The van der Waals surface area contributed by atoms with Gasteiger partial charge in [0.2, 0.25) is 0 Å². The molecule has 2 aromatic carbocycles. The van der Waals surface area contributed by atoms with Gasteiger partial charge >= 0.3 is 0 Å². The van der Waals surface area contributed by atoms with Crippen LogP contribution in [0.3, 0.4) is 0 Å². The van der Waals surface area contributed by atoms with Gasteiger partial charge in [-0.2, -0.15) is 0 Å². The van der Waals surface area contributed by atoms with Gasteiger partial charge in [-0.1, -0.05) is 22.0 Å². The van der Waals surface area contributed by atoms with Gasteiger partial charge in [0.1, 0.15) is 5.82 Å². The SMILES string of the molecule is O=C(Cc1ccc(F)c(Br)c1)c1cc(Br)ccc1I. The van der Waals surface area contributed by atoms with Crippen molar-refractivity contribution in [2.45, 2.75) is 6.42 Å². The lowest BCUT2D eigenvalue weighted by molar-refractivity contribution is 0.0992. The summed E-state index contributed by atoms with van der Waals surface area (Å²) in [7, 11) is 0. The van der Waals surface area contributed by atoms with Crippen molar-refractivity contribution in [1.29, 1.82) is 0 Å². The number of ketones is 1. The first-order valence-corrected chi connectivity index (χ1v) is 8.06. The van der Waals surface area contributed by atoms with Crippen LogP contribution in [-0.4, -0.2) is 5.78 Å². The maximum absolute atomic E-state index is 13.1. The Labute approximate surface area is 141 Å². The maximum atomic E-state index is 13.1. The van der Waals surface area contributed by atoms with Crippen LogP contribution in [0.15, 0.2) is 45.3 Å². The normalized spacial score (nSPS) is 10.5. The van der Waals surface area contributed by atoms with Crippen LogP contribution in [0.25, 0.3) is 0 Å². The van der Waals surface area contributed by atoms with Crippen molar-refractivity contribution < 1.29 is 9.18 Å². The molecule has 0 radical (unpaired) electrons. The van der Waals surface area contributed by atoms with Crippen LogP contribution >= 0.6 is 54.5 Å². The van der Waals surface area contributed by atoms with Crippen LogP contribution in [0.4, 0.5) is 4.39 Å². The zero-order valence-corrected chi connectivity index (χ0v) is 14.9. The monoisotopic (exact) mass is 496 g/mol. The Kier molecular flexibility index (Phi) is 5.14. The van der Waals surface area contributed by atoms with Gasteiger partial charge in [0, 0.05) is 20.0 Å². The van der Waals surface area contributed by atoms with Crippen molar-refractivity contribution in [3.63, 3.8) is 0 Å². The van der Waals surface area contributed by atoms with Crippen LogP contribution in [-0.2, 0) is 6.42 Å². The first-order chi connectivity index (χ1) is 8.97. The van der Waals surface area contributed by atoms with E-state index in [-0.39, 0.29) is 18.0 Å². The average molecular weight is 498 g/mol. The summed E-state index contributed by atoms with van der Waals surface area (Å²) in [5, 5.41) is 0. The number of Topliss-reactive ketones (excluding diaryl/α,β-unsaturated/α-hetero) is 1. The lowest BCUT2D eigenvalue weighted by atomic mass is 10.0. The maximum Gasteiger partial charge on any atom is 0.168 e. The molecule has 0 aliphatic rings. The molecule has 0 spiro atoms. The molecular formula is C14H8Br2FIO. The van der Waals surface area contributed by atoms with Crippen LogP contribution < -0.4 is 0 Å². The second kappa shape index (κ2) is 6.45. The highest BCUT2D eigenvalue weighted by Crippen LogP contribution is 2.22. The highest BCUT2D eigenvalue weighted by molar-refractivity contribution is 14.1. The minimum absolute atomic E-state index is 0.0178. The molecule has 0 N–H and O–H groups in total. The summed E-state index contributed by atoms with van der Waals surface area (Å²) in [6, 6.07) is 10.2. The molecule has 0 heterocycles. The molecule has 19 heavy (non-hydrogen) atoms. The second-order valence-corrected chi connectivity index (χ2v) is 6.90. The summed E-state index contributed by atoms with van der Waals surface area (Å²) in [5.74, 6) is -0.308. The van der Waals surface area contributed by atoms with E-state index in [1.54, 1.807) is 12.1 Å². The number of benzene rings is 2. The van der Waals surface area contributed by atoms with Crippen molar-refractivity contribution in [3.8, 4) is 0 Å². The fourth-order valence-corrected chi connectivity index (χ4v) is 3.06. The highest BCUT2D eigenvalue weighted by atomic mass is 127. The molecule has 0 saturated heterocycles. The van der Waals surface area contributed by atoms with Gasteiger partial charge in [0.15, 0.2) is 5.78 Å². The van der Waals surface area contributed by atoms with Crippen LogP contribution in [0, 0.1) is 9.39 Å². The fraction of sp³-hybridized carbons (Fsp3) is 0.0714. The van der Waals surface area contributed by atoms with Gasteiger partial charge in [-0.05, 0) is 74.4 Å². The minimum atomic E-state index is -0.326. The number of hydrogen-bond acceptors (Lipinski definition) is 1. The van der Waals surface area contributed by atoms with E-state index in [2.05, 4.69) is 54.5 Å². The summed E-state index contributed by atoms with van der Waals surface area (Å²) in [5.41, 5.74) is 1.46. The number of carbonyl (C=O) groups is 1. The molecule has 0 aromatic heterocycles. The van der Waals surface area contributed by atoms with Crippen LogP contribution in [0.2, 0.25) is 0 Å². The summed E-state index contributed by atoms with van der Waals surface area (Å²) in [6.07, 6.45) is 0.255. The summed E-state index contributed by atoms with van der Waals surface area (Å²) >= 11 is 8.62. The third-order valence-corrected chi connectivity index (χ3v) is 4.62. The van der Waals surface area contributed by atoms with Crippen molar-refractivity contribution in [3.05, 3.63) is 65.9 Å². The molecular weight excluding hydrogens is 490 g/mol. The van der Waals surface area contributed by atoms with Gasteiger partial charge in [-0.3, -0.25) is 4.79 Å². The molecule has 2 rings (SSSR count). The molecule has 2 aromatic rings. The summed E-state index contributed by atoms with van der Waals surface area (Å²) in [4.78, 5) is 12.2. The lowest BCUT2D eigenvalue weighted by Crippen LogP contribution is -2.06.